The molecule has 0 unspecified atom stereocenters. The molecule has 0 spiro atoms. The molecule has 146 valence electrons. The van der Waals surface area contributed by atoms with Gasteiger partial charge in [0.1, 0.15) is 0 Å². The molecule has 0 aliphatic heterocycles. The largest absolute Gasteiger partial charge is 0.126 e. The average Bonchev–Trinajstić information content (AvgIpc) is 3.31. The Kier molecular flexibility index (Phi) is 12.3. The van der Waals surface area contributed by atoms with Gasteiger partial charge in [0.15, 0.2) is 0 Å². The number of hydrogen-bond acceptors (Lipinski definition) is 0. The number of hydrogen-bond donors (Lipinski definition) is 0. The first-order chi connectivity index (χ1) is 13.4. The van der Waals surface area contributed by atoms with Crippen LogP contribution in [0, 0.1) is 0 Å². The van der Waals surface area contributed by atoms with Crippen molar-refractivity contribution in [2.75, 3.05) is 0 Å². The normalized spacial score (nSPS) is 9.96. The van der Waals surface area contributed by atoms with Gasteiger partial charge in [0, 0.05) is 9.52 Å². The third-order valence-corrected chi connectivity index (χ3v) is 4.05. The topological polar surface area (TPSA) is 0 Å². The van der Waals surface area contributed by atoms with Crippen molar-refractivity contribution < 1.29 is 20.8 Å². The summed E-state index contributed by atoms with van der Waals surface area (Å²) in [4.78, 5) is 0. The van der Waals surface area contributed by atoms with Crippen molar-refractivity contribution in [1.82, 2.24) is 0 Å². The van der Waals surface area contributed by atoms with Crippen molar-refractivity contribution in [1.29, 1.82) is 0 Å². The second-order valence-electron chi connectivity index (χ2n) is 7.31. The van der Waals surface area contributed by atoms with Crippen LogP contribution in [0.4, 0.5) is 0 Å². The van der Waals surface area contributed by atoms with Gasteiger partial charge in [0.05, 0.1) is 0 Å². The summed E-state index contributed by atoms with van der Waals surface area (Å²) in [6, 6.07) is 27.8. The van der Waals surface area contributed by atoms with Crippen molar-refractivity contribution in [3.63, 3.8) is 0 Å². The second-order valence-corrected chi connectivity index (χ2v) is 12.0. The van der Waals surface area contributed by atoms with Crippen molar-refractivity contribution >= 4 is 48.1 Å². The van der Waals surface area contributed by atoms with Gasteiger partial charge in [0.2, 0.25) is 0 Å². The van der Waals surface area contributed by atoms with E-state index >= 15 is 0 Å². The predicted octanol–water partition coefficient (Wildman–Crippen LogP) is 8.58. The van der Waals surface area contributed by atoms with Crippen molar-refractivity contribution in [2.45, 2.75) is 39.3 Å². The smallest absolute Gasteiger partial charge is 0.0771 e. The number of fused-ring (bicyclic) bond motifs is 3. The van der Waals surface area contributed by atoms with Gasteiger partial charge in [-0.3, -0.25) is 0 Å². The van der Waals surface area contributed by atoms with E-state index in [4.69, 9.17) is 17.0 Å². The SMILES string of the molecule is CC(C)(C)c1cc[cH-]c1.C[Si]C.[Cl][Zr+2][Cl].c1ccc2c(c1)[cH-]c1ccccc12. The summed E-state index contributed by atoms with van der Waals surface area (Å²) >= 11 is -0.826. The first kappa shape index (κ1) is 25.4. The van der Waals surface area contributed by atoms with E-state index in [-0.39, 0.29) is 0 Å². The molecule has 0 atom stereocenters. The zero-order valence-electron chi connectivity index (χ0n) is 17.3. The zero-order chi connectivity index (χ0) is 21.0. The summed E-state index contributed by atoms with van der Waals surface area (Å²) in [5, 5.41) is 5.39. The second kappa shape index (κ2) is 13.5. The molecule has 2 radical (unpaired) electrons. The van der Waals surface area contributed by atoms with E-state index in [1.165, 1.54) is 27.1 Å². The molecule has 4 rings (SSSR count). The molecule has 0 heterocycles. The van der Waals surface area contributed by atoms with Crippen LogP contribution >= 0.6 is 17.0 Å². The van der Waals surface area contributed by atoms with Gasteiger partial charge in [-0.1, -0.05) is 75.7 Å². The van der Waals surface area contributed by atoms with E-state index in [0.29, 0.717) is 5.41 Å². The van der Waals surface area contributed by atoms with Crippen molar-refractivity contribution in [3.8, 4) is 0 Å². The molecule has 0 aromatic heterocycles. The molecule has 28 heavy (non-hydrogen) atoms. The minimum Gasteiger partial charge on any atom is -0.126 e. The van der Waals surface area contributed by atoms with Crippen LogP contribution in [0.25, 0.3) is 21.5 Å². The third-order valence-electron chi connectivity index (χ3n) is 4.05. The molecular formula is C24H28Cl2SiZr. The molecular weight excluding hydrogens is 478 g/mol. The fraction of sp³-hybridized carbons (Fsp3) is 0.250. The molecule has 0 amide bonds. The van der Waals surface area contributed by atoms with Crippen LogP contribution in [-0.4, -0.2) is 9.52 Å². The van der Waals surface area contributed by atoms with Crippen LogP contribution in [0.5, 0.6) is 0 Å². The predicted molar refractivity (Wildman–Crippen MR) is 127 cm³/mol. The van der Waals surface area contributed by atoms with E-state index in [2.05, 4.69) is 113 Å². The van der Waals surface area contributed by atoms with Crippen molar-refractivity contribution in [2.24, 2.45) is 0 Å². The molecule has 0 aliphatic rings. The average molecular weight is 507 g/mol. The van der Waals surface area contributed by atoms with E-state index < -0.39 is 20.8 Å². The van der Waals surface area contributed by atoms with Gasteiger partial charge >= 0.3 is 37.9 Å². The Balaban J connectivity index is 0.000000229. The Hall–Kier alpha value is -0.660. The molecule has 0 saturated heterocycles. The summed E-state index contributed by atoms with van der Waals surface area (Å²) in [6.07, 6.45) is 0. The van der Waals surface area contributed by atoms with E-state index in [9.17, 15) is 0 Å². The molecule has 0 nitrogen and oxygen atoms in total. The van der Waals surface area contributed by atoms with Gasteiger partial charge < -0.3 is 0 Å². The van der Waals surface area contributed by atoms with Gasteiger partial charge in [-0.25, -0.2) is 6.07 Å². The zero-order valence-corrected chi connectivity index (χ0v) is 22.2. The summed E-state index contributed by atoms with van der Waals surface area (Å²) in [7, 11) is 11.0. The maximum absolute atomic E-state index is 4.93. The van der Waals surface area contributed by atoms with Gasteiger partial charge in [-0.2, -0.15) is 23.8 Å². The summed E-state index contributed by atoms with van der Waals surface area (Å²) in [5.74, 6) is 0. The van der Waals surface area contributed by atoms with Crippen LogP contribution in [-0.2, 0) is 26.3 Å². The number of benzene rings is 2. The first-order valence-electron chi connectivity index (χ1n) is 9.19. The fourth-order valence-electron chi connectivity index (χ4n) is 2.78. The standard InChI is InChI=1S/C13H9.C9H13.C2H6Si.2ClH.Zr/c1-3-7-12-10(5-1)9-11-6-2-4-8-13(11)12;1-9(2,3)8-6-4-5-7-8;1-3-2;;;/h1-9H;4-7H,1-3H3;1-2H3;2*1H;/q2*-1;;;;+4/p-2. The third kappa shape index (κ3) is 8.37. The molecule has 0 fully saturated rings. The summed E-state index contributed by atoms with van der Waals surface area (Å²) < 4.78 is 0. The summed E-state index contributed by atoms with van der Waals surface area (Å²) in [6.45, 7) is 11.0. The van der Waals surface area contributed by atoms with Crippen LogP contribution in [0.3, 0.4) is 0 Å². The quantitative estimate of drug-likeness (QED) is 0.165. The maximum atomic E-state index is 4.93. The Bertz CT molecular complexity index is 853. The van der Waals surface area contributed by atoms with Crippen LogP contribution in [0.2, 0.25) is 13.1 Å². The molecule has 0 saturated carbocycles. The van der Waals surface area contributed by atoms with E-state index in [1.807, 2.05) is 0 Å². The minimum atomic E-state index is -0.826. The molecule has 4 aromatic rings. The van der Waals surface area contributed by atoms with Crippen molar-refractivity contribution in [3.05, 3.63) is 84.4 Å². The molecule has 0 aliphatic carbocycles. The van der Waals surface area contributed by atoms with E-state index in [1.54, 1.807) is 0 Å². The number of halogens is 2. The Morgan fingerprint density at radius 2 is 1.25 bits per heavy atom. The Morgan fingerprint density at radius 1 is 0.821 bits per heavy atom. The van der Waals surface area contributed by atoms with Gasteiger partial charge in [-0.15, -0.1) is 39.7 Å². The summed E-state index contributed by atoms with van der Waals surface area (Å²) in [5.41, 5.74) is 1.74. The van der Waals surface area contributed by atoms with Crippen LogP contribution < -0.4 is 0 Å². The molecule has 4 heteroatoms. The Morgan fingerprint density at radius 3 is 1.57 bits per heavy atom. The minimum absolute atomic E-state index is 0.323. The van der Waals surface area contributed by atoms with Crippen LogP contribution in [0.15, 0.2) is 78.9 Å². The maximum Gasteiger partial charge on any atom is -0.0771 e. The molecule has 0 bridgehead atoms. The first-order valence-corrected chi connectivity index (χ1v) is 17.5. The monoisotopic (exact) mass is 504 g/mol. The molecule has 4 aromatic carbocycles. The number of rotatable bonds is 0. The fourth-order valence-corrected chi connectivity index (χ4v) is 2.78. The van der Waals surface area contributed by atoms with Gasteiger partial charge in [0.25, 0.3) is 0 Å². The Labute approximate surface area is 191 Å². The van der Waals surface area contributed by atoms with E-state index in [0.717, 1.165) is 9.52 Å². The van der Waals surface area contributed by atoms with Crippen LogP contribution in [0.1, 0.15) is 26.3 Å². The van der Waals surface area contributed by atoms with Gasteiger partial charge in [-0.05, 0) is 0 Å². The molecule has 0 N–H and O–H groups in total.